The van der Waals surface area contributed by atoms with Crippen LogP contribution >= 0.6 is 23.2 Å². The zero-order chi connectivity index (χ0) is 22.7. The molecule has 0 radical (unpaired) electrons. The highest BCUT2D eigenvalue weighted by molar-refractivity contribution is 6.37. The first-order valence-electron chi connectivity index (χ1n) is 9.32. The standard InChI is InChI=1S/C20H17Cl2N5O4/c1-3-11(4-2)26-10-13(5-6-17(26)28)31-18-14(21)7-12(8-15(18)22)27-20(30)24-19(29)16(9-23)25-27/h5-8,10-11H,3-4H2,1-2H3,(H,24,29,30). The molecule has 3 rings (SSSR count). The molecule has 0 aliphatic rings. The first-order valence-corrected chi connectivity index (χ1v) is 10.1. The van der Waals surface area contributed by atoms with Crippen molar-refractivity contribution >= 4 is 23.2 Å². The molecule has 0 aliphatic heterocycles. The van der Waals surface area contributed by atoms with Crippen LogP contribution in [0.3, 0.4) is 0 Å². The van der Waals surface area contributed by atoms with E-state index in [1.807, 2.05) is 18.8 Å². The summed E-state index contributed by atoms with van der Waals surface area (Å²) < 4.78 is 8.21. The quantitative estimate of drug-likeness (QED) is 0.599. The van der Waals surface area contributed by atoms with Gasteiger partial charge in [-0.2, -0.15) is 9.94 Å². The molecule has 0 bridgehead atoms. The van der Waals surface area contributed by atoms with Crippen LogP contribution in [0.5, 0.6) is 11.5 Å². The molecule has 0 unspecified atom stereocenters. The summed E-state index contributed by atoms with van der Waals surface area (Å²) in [7, 11) is 0. The van der Waals surface area contributed by atoms with Gasteiger partial charge in [0.2, 0.25) is 5.69 Å². The highest BCUT2D eigenvalue weighted by atomic mass is 35.5. The number of aromatic amines is 1. The van der Waals surface area contributed by atoms with Crippen molar-refractivity contribution in [2.75, 3.05) is 0 Å². The molecule has 0 atom stereocenters. The van der Waals surface area contributed by atoms with Crippen molar-refractivity contribution in [2.45, 2.75) is 32.7 Å². The van der Waals surface area contributed by atoms with Gasteiger partial charge in [0.25, 0.3) is 11.1 Å². The van der Waals surface area contributed by atoms with Crippen LogP contribution in [0.25, 0.3) is 5.69 Å². The first kappa shape index (κ1) is 22.3. The van der Waals surface area contributed by atoms with Crippen LogP contribution in [0.1, 0.15) is 38.4 Å². The summed E-state index contributed by atoms with van der Waals surface area (Å²) in [6.07, 6.45) is 3.15. The van der Waals surface area contributed by atoms with Crippen molar-refractivity contribution in [3.05, 3.63) is 77.4 Å². The largest absolute Gasteiger partial charge is 0.453 e. The minimum Gasteiger partial charge on any atom is -0.453 e. The fraction of sp³-hybridized carbons (Fsp3) is 0.250. The lowest BCUT2D eigenvalue weighted by Crippen LogP contribution is -2.33. The molecule has 0 saturated heterocycles. The van der Waals surface area contributed by atoms with E-state index in [0.29, 0.717) is 5.75 Å². The average molecular weight is 462 g/mol. The second kappa shape index (κ2) is 9.20. The molecule has 160 valence electrons. The van der Waals surface area contributed by atoms with E-state index < -0.39 is 16.9 Å². The van der Waals surface area contributed by atoms with Gasteiger partial charge in [0.15, 0.2) is 5.75 Å². The Kier molecular flexibility index (Phi) is 6.63. The molecule has 0 saturated carbocycles. The molecule has 0 spiro atoms. The van der Waals surface area contributed by atoms with Crippen LogP contribution in [0, 0.1) is 11.3 Å². The minimum atomic E-state index is -0.895. The van der Waals surface area contributed by atoms with E-state index in [-0.39, 0.29) is 33.1 Å². The van der Waals surface area contributed by atoms with Crippen molar-refractivity contribution in [3.63, 3.8) is 0 Å². The number of nitriles is 1. The lowest BCUT2D eigenvalue weighted by atomic mass is 10.1. The van der Waals surface area contributed by atoms with E-state index in [1.54, 1.807) is 16.8 Å². The lowest BCUT2D eigenvalue weighted by Gasteiger charge is -2.18. The van der Waals surface area contributed by atoms with Crippen LogP contribution < -0.4 is 21.5 Å². The highest BCUT2D eigenvalue weighted by Gasteiger charge is 2.16. The lowest BCUT2D eigenvalue weighted by molar-refractivity contribution is 0.432. The Morgan fingerprint density at radius 1 is 1.16 bits per heavy atom. The van der Waals surface area contributed by atoms with E-state index in [4.69, 9.17) is 33.2 Å². The van der Waals surface area contributed by atoms with Crippen molar-refractivity contribution in [3.8, 4) is 23.3 Å². The summed E-state index contributed by atoms with van der Waals surface area (Å²) >= 11 is 12.6. The third-order valence-corrected chi connectivity index (χ3v) is 5.19. The van der Waals surface area contributed by atoms with Crippen LogP contribution in [0.4, 0.5) is 0 Å². The van der Waals surface area contributed by atoms with Gasteiger partial charge in [-0.05, 0) is 31.0 Å². The van der Waals surface area contributed by atoms with Crippen LogP contribution in [-0.2, 0) is 0 Å². The zero-order valence-corrected chi connectivity index (χ0v) is 18.1. The van der Waals surface area contributed by atoms with Gasteiger partial charge in [-0.3, -0.25) is 14.6 Å². The molecule has 2 aromatic heterocycles. The fourth-order valence-electron chi connectivity index (χ4n) is 3.04. The molecule has 11 heteroatoms. The maximum absolute atomic E-state index is 12.2. The van der Waals surface area contributed by atoms with E-state index in [9.17, 15) is 14.4 Å². The third kappa shape index (κ3) is 4.55. The molecule has 3 aromatic rings. The summed E-state index contributed by atoms with van der Waals surface area (Å²) in [4.78, 5) is 37.8. The summed E-state index contributed by atoms with van der Waals surface area (Å²) in [5.41, 5.74) is -2.26. The van der Waals surface area contributed by atoms with E-state index in [1.165, 1.54) is 24.3 Å². The van der Waals surface area contributed by atoms with Gasteiger partial charge in [0, 0.05) is 12.1 Å². The number of benzene rings is 1. The Hall–Kier alpha value is -3.35. The van der Waals surface area contributed by atoms with Gasteiger partial charge in [0.1, 0.15) is 11.8 Å². The molecule has 1 N–H and O–H groups in total. The number of pyridine rings is 1. The van der Waals surface area contributed by atoms with E-state index in [0.717, 1.165) is 17.5 Å². The molecule has 0 fully saturated rings. The Balaban J connectivity index is 2.03. The predicted octanol–water partition coefficient (Wildman–Crippen LogP) is 3.41. The molecule has 9 nitrogen and oxygen atoms in total. The van der Waals surface area contributed by atoms with Gasteiger partial charge < -0.3 is 9.30 Å². The van der Waals surface area contributed by atoms with Crippen molar-refractivity contribution in [2.24, 2.45) is 0 Å². The van der Waals surface area contributed by atoms with Crippen LogP contribution in [0.2, 0.25) is 10.0 Å². The van der Waals surface area contributed by atoms with Gasteiger partial charge in [-0.15, -0.1) is 5.10 Å². The van der Waals surface area contributed by atoms with Crippen molar-refractivity contribution in [1.29, 1.82) is 5.26 Å². The number of nitrogens with one attached hydrogen (secondary N) is 1. The Bertz CT molecular complexity index is 1330. The number of hydrogen-bond acceptors (Lipinski definition) is 6. The van der Waals surface area contributed by atoms with Gasteiger partial charge >= 0.3 is 5.69 Å². The molecular weight excluding hydrogens is 445 g/mol. The second-order valence-electron chi connectivity index (χ2n) is 6.55. The summed E-state index contributed by atoms with van der Waals surface area (Å²) in [5, 5.41) is 12.8. The van der Waals surface area contributed by atoms with Crippen LogP contribution in [-0.4, -0.2) is 19.3 Å². The fourth-order valence-corrected chi connectivity index (χ4v) is 3.60. The number of ether oxygens (including phenoxy) is 1. The molecule has 0 amide bonds. The smallest absolute Gasteiger partial charge is 0.349 e. The van der Waals surface area contributed by atoms with E-state index >= 15 is 0 Å². The van der Waals surface area contributed by atoms with Gasteiger partial charge in [0.05, 0.1) is 21.9 Å². The first-order chi connectivity index (χ1) is 14.8. The Morgan fingerprint density at radius 2 is 1.81 bits per heavy atom. The maximum Gasteiger partial charge on any atom is 0.349 e. The highest BCUT2D eigenvalue weighted by Crippen LogP contribution is 2.38. The number of H-pyrrole nitrogens is 1. The van der Waals surface area contributed by atoms with Crippen molar-refractivity contribution < 1.29 is 4.74 Å². The van der Waals surface area contributed by atoms with Gasteiger partial charge in [-0.1, -0.05) is 37.0 Å². The molecule has 31 heavy (non-hydrogen) atoms. The van der Waals surface area contributed by atoms with E-state index in [2.05, 4.69) is 5.10 Å². The molecule has 1 aromatic carbocycles. The van der Waals surface area contributed by atoms with Crippen LogP contribution in [0.15, 0.2) is 44.8 Å². The molecule has 0 aliphatic carbocycles. The summed E-state index contributed by atoms with van der Waals surface area (Å²) in [6, 6.07) is 7.24. The number of hydrogen-bond donors (Lipinski definition) is 1. The summed E-state index contributed by atoms with van der Waals surface area (Å²) in [6.45, 7) is 3.98. The topological polar surface area (TPSA) is 123 Å². The SMILES string of the molecule is CCC(CC)n1cc(Oc2c(Cl)cc(-n3nc(C#N)c(=O)[nH]c3=O)cc2Cl)ccc1=O. The number of rotatable bonds is 6. The predicted molar refractivity (Wildman–Crippen MR) is 116 cm³/mol. The zero-order valence-electron chi connectivity index (χ0n) is 16.6. The number of aromatic nitrogens is 4. The normalized spacial score (nSPS) is 10.8. The molecular formula is C20H17Cl2N5O4. The minimum absolute atomic E-state index is 0.0249. The Morgan fingerprint density at radius 3 is 2.39 bits per heavy atom. The molecule has 2 heterocycles. The number of halogens is 2. The van der Waals surface area contributed by atoms with Crippen molar-refractivity contribution in [1.82, 2.24) is 19.3 Å². The summed E-state index contributed by atoms with van der Waals surface area (Å²) in [5.74, 6) is 0.467. The van der Waals surface area contributed by atoms with Gasteiger partial charge in [-0.25, -0.2) is 4.79 Å². The average Bonchev–Trinajstić information content (AvgIpc) is 2.73. The Labute approximate surface area is 186 Å². The maximum atomic E-state index is 12.2. The monoisotopic (exact) mass is 461 g/mol. The second-order valence-corrected chi connectivity index (χ2v) is 7.37. The third-order valence-electron chi connectivity index (χ3n) is 4.63. The number of nitrogens with zero attached hydrogens (tertiary/aromatic N) is 4.